The Bertz CT molecular complexity index is 1120. The molecule has 0 bridgehead atoms. The van der Waals surface area contributed by atoms with E-state index in [9.17, 15) is 18.3 Å². The van der Waals surface area contributed by atoms with Gasteiger partial charge < -0.3 is 29.5 Å². The van der Waals surface area contributed by atoms with Crippen molar-refractivity contribution >= 4 is 16.1 Å². The van der Waals surface area contributed by atoms with Crippen molar-refractivity contribution in [3.05, 3.63) is 60.2 Å². The molecule has 2 N–H and O–H groups in total. The Hall–Kier alpha value is -2.70. The minimum absolute atomic E-state index is 0.114. The summed E-state index contributed by atoms with van der Waals surface area (Å²) in [5.41, 5.74) is 0.893. The molecular weight excluding hydrogens is 498 g/mol. The van der Waals surface area contributed by atoms with Gasteiger partial charge in [0.1, 0.15) is 11.9 Å². The molecule has 3 atom stereocenters. The van der Waals surface area contributed by atoms with Crippen molar-refractivity contribution in [3.63, 3.8) is 0 Å². The molecule has 37 heavy (non-hydrogen) atoms. The Balaban J connectivity index is 1.54. The maximum Gasteiger partial charge on any atom is 0.407 e. The van der Waals surface area contributed by atoms with Gasteiger partial charge in [0, 0.05) is 26.1 Å². The molecule has 0 spiro atoms. The van der Waals surface area contributed by atoms with Crippen molar-refractivity contribution in [1.29, 1.82) is 0 Å². The van der Waals surface area contributed by atoms with Crippen LogP contribution >= 0.6 is 0 Å². The van der Waals surface area contributed by atoms with Crippen molar-refractivity contribution in [2.45, 2.75) is 42.0 Å². The monoisotopic (exact) mass is 533 g/mol. The van der Waals surface area contributed by atoms with Gasteiger partial charge in [-0.2, -0.15) is 4.31 Å². The number of nitrogens with zero attached hydrogens (tertiary/aromatic N) is 2. The van der Waals surface area contributed by atoms with Crippen molar-refractivity contribution in [1.82, 2.24) is 14.5 Å². The molecule has 2 aliphatic heterocycles. The number of nitrogens with one attached hydrogen (secondary N) is 1. The third kappa shape index (κ3) is 6.99. The van der Waals surface area contributed by atoms with Crippen molar-refractivity contribution < 1.29 is 32.5 Å². The normalized spacial score (nSPS) is 20.3. The van der Waals surface area contributed by atoms with Crippen LogP contribution in [0.15, 0.2) is 59.5 Å². The first kappa shape index (κ1) is 27.3. The van der Waals surface area contributed by atoms with Crippen molar-refractivity contribution in [3.8, 4) is 5.75 Å². The van der Waals surface area contributed by atoms with E-state index in [1.807, 2.05) is 42.3 Å². The number of benzene rings is 2. The number of hydrogen-bond donors (Lipinski definition) is 2. The van der Waals surface area contributed by atoms with Gasteiger partial charge in [0.2, 0.25) is 10.0 Å². The zero-order valence-electron chi connectivity index (χ0n) is 21.2. The van der Waals surface area contributed by atoms with E-state index in [1.165, 1.54) is 23.5 Å². The molecule has 202 valence electrons. The molecule has 10 nitrogen and oxygen atoms in total. The van der Waals surface area contributed by atoms with Crippen LogP contribution < -0.4 is 10.1 Å². The molecule has 0 radical (unpaired) electrons. The Labute approximate surface area is 218 Å². The molecule has 2 aromatic rings. The average molecular weight is 534 g/mol. The SMILES string of the molecule is COc1ccc(S(=O)(=O)N(C[C@@H](O)[C@H](Cc2ccccc2)NC(=O)O[C@H]2CCOC2)C2CN(C)C2)cc1. The van der Waals surface area contributed by atoms with E-state index in [2.05, 4.69) is 5.32 Å². The van der Waals surface area contributed by atoms with Crippen molar-refractivity contribution in [2.24, 2.45) is 0 Å². The summed E-state index contributed by atoms with van der Waals surface area (Å²) in [5.74, 6) is 0.548. The third-order valence-corrected chi connectivity index (χ3v) is 8.65. The lowest BCUT2D eigenvalue weighted by atomic mass is 10.0. The summed E-state index contributed by atoms with van der Waals surface area (Å²) in [6, 6.07) is 14.5. The summed E-state index contributed by atoms with van der Waals surface area (Å²) >= 11 is 0. The molecule has 0 aliphatic carbocycles. The van der Waals surface area contributed by atoms with E-state index < -0.39 is 28.3 Å². The highest BCUT2D eigenvalue weighted by Gasteiger charge is 2.40. The molecule has 1 amide bonds. The zero-order valence-corrected chi connectivity index (χ0v) is 22.0. The molecule has 2 fully saturated rings. The molecule has 0 aromatic heterocycles. The van der Waals surface area contributed by atoms with E-state index in [0.29, 0.717) is 44.9 Å². The predicted molar refractivity (Wildman–Crippen MR) is 137 cm³/mol. The fraction of sp³-hybridized carbons (Fsp3) is 0.500. The van der Waals surface area contributed by atoms with Gasteiger partial charge in [-0.3, -0.25) is 0 Å². The molecule has 0 unspecified atom stereocenters. The largest absolute Gasteiger partial charge is 0.497 e. The number of carbonyl (C=O) groups is 1. The number of methoxy groups -OCH3 is 1. The Kier molecular flexibility index (Phi) is 9.04. The minimum atomic E-state index is -3.93. The standard InChI is InChI=1S/C26H35N3O7S/c1-28-15-20(16-28)29(37(32,33)23-10-8-21(34-2)9-11-23)17-25(30)24(14-19-6-4-3-5-7-19)27-26(31)36-22-12-13-35-18-22/h3-11,20,22,24-25,30H,12-18H2,1-2H3,(H,27,31)/t22-,24-,25+/m0/s1. The van der Waals surface area contributed by atoms with Gasteiger partial charge in [-0.1, -0.05) is 30.3 Å². The second-order valence-electron chi connectivity index (χ2n) is 9.52. The van der Waals surface area contributed by atoms with E-state index in [0.717, 1.165) is 5.56 Å². The predicted octanol–water partition coefficient (Wildman–Crippen LogP) is 1.49. The molecule has 11 heteroatoms. The first-order valence-electron chi connectivity index (χ1n) is 12.4. The maximum atomic E-state index is 13.7. The molecular formula is C26H35N3O7S. The molecule has 2 aromatic carbocycles. The number of carbonyl (C=O) groups excluding carboxylic acids is 1. The first-order valence-corrected chi connectivity index (χ1v) is 13.8. The first-order chi connectivity index (χ1) is 17.8. The van der Waals surface area contributed by atoms with Gasteiger partial charge in [0.05, 0.1) is 43.4 Å². The summed E-state index contributed by atoms with van der Waals surface area (Å²) in [7, 11) is -0.502. The number of alkyl carbamates (subject to hydrolysis) is 1. The smallest absolute Gasteiger partial charge is 0.407 e. The van der Waals surface area contributed by atoms with Crippen LogP contribution in [-0.4, -0.2) is 100 Å². The highest BCUT2D eigenvalue weighted by Crippen LogP contribution is 2.25. The molecule has 0 saturated carbocycles. The molecule has 4 rings (SSSR count). The average Bonchev–Trinajstić information content (AvgIpc) is 3.38. The summed E-state index contributed by atoms with van der Waals surface area (Å²) < 4.78 is 44.6. The van der Waals surface area contributed by atoms with Crippen LogP contribution in [0, 0.1) is 0 Å². The van der Waals surface area contributed by atoms with Crippen LogP contribution in [0.25, 0.3) is 0 Å². The topological polar surface area (TPSA) is 118 Å². The van der Waals surface area contributed by atoms with Gasteiger partial charge in [0.25, 0.3) is 0 Å². The fourth-order valence-corrected chi connectivity index (χ4v) is 6.21. The number of amides is 1. The van der Waals surface area contributed by atoms with Gasteiger partial charge in [-0.15, -0.1) is 0 Å². The van der Waals surface area contributed by atoms with Gasteiger partial charge >= 0.3 is 6.09 Å². The van der Waals surface area contributed by atoms with E-state index in [1.54, 1.807) is 12.1 Å². The Morgan fingerprint density at radius 1 is 1.19 bits per heavy atom. The number of aliphatic hydroxyl groups is 1. The fourth-order valence-electron chi connectivity index (χ4n) is 4.58. The molecule has 2 heterocycles. The molecule has 2 saturated heterocycles. The lowest BCUT2D eigenvalue weighted by Crippen LogP contribution is -2.62. The van der Waals surface area contributed by atoms with Crippen LogP contribution in [0.2, 0.25) is 0 Å². The van der Waals surface area contributed by atoms with E-state index >= 15 is 0 Å². The number of likely N-dealkylation sites (tertiary alicyclic amines) is 1. The summed E-state index contributed by atoms with van der Waals surface area (Å²) in [6.45, 7) is 1.77. The van der Waals surface area contributed by atoms with E-state index in [-0.39, 0.29) is 23.6 Å². The highest BCUT2D eigenvalue weighted by atomic mass is 32.2. The summed E-state index contributed by atoms with van der Waals surface area (Å²) in [6.07, 6.45) is -1.27. The maximum absolute atomic E-state index is 13.7. The van der Waals surface area contributed by atoms with Crippen LogP contribution in [0.5, 0.6) is 5.75 Å². The van der Waals surface area contributed by atoms with Crippen molar-refractivity contribution in [2.75, 3.05) is 47.0 Å². The Morgan fingerprint density at radius 3 is 2.49 bits per heavy atom. The lowest BCUT2D eigenvalue weighted by molar-refractivity contribution is 0.0446. The molecule has 2 aliphatic rings. The van der Waals surface area contributed by atoms with Gasteiger partial charge in [0.15, 0.2) is 0 Å². The number of hydrogen-bond acceptors (Lipinski definition) is 8. The zero-order chi connectivity index (χ0) is 26.4. The van der Waals surface area contributed by atoms with Crippen LogP contribution in [0.3, 0.4) is 0 Å². The summed E-state index contributed by atoms with van der Waals surface area (Å²) in [4.78, 5) is 14.8. The number of aliphatic hydroxyl groups excluding tert-OH is 1. The second kappa shape index (κ2) is 12.2. The van der Waals surface area contributed by atoms with Crippen LogP contribution in [0.1, 0.15) is 12.0 Å². The number of sulfonamides is 1. The number of ether oxygens (including phenoxy) is 3. The highest BCUT2D eigenvalue weighted by molar-refractivity contribution is 7.89. The van der Waals surface area contributed by atoms with E-state index in [4.69, 9.17) is 14.2 Å². The van der Waals surface area contributed by atoms with Crippen LogP contribution in [-0.2, 0) is 25.9 Å². The van der Waals surface area contributed by atoms with Gasteiger partial charge in [-0.25, -0.2) is 13.2 Å². The number of likely N-dealkylation sites (N-methyl/N-ethyl adjacent to an activating group) is 1. The van der Waals surface area contributed by atoms with Crippen LogP contribution in [0.4, 0.5) is 4.79 Å². The lowest BCUT2D eigenvalue weighted by Gasteiger charge is -2.43. The Morgan fingerprint density at radius 2 is 1.89 bits per heavy atom. The number of rotatable bonds is 11. The minimum Gasteiger partial charge on any atom is -0.497 e. The third-order valence-electron chi connectivity index (χ3n) is 6.71. The summed E-state index contributed by atoms with van der Waals surface area (Å²) in [5, 5.41) is 14.1. The second-order valence-corrected chi connectivity index (χ2v) is 11.4. The van der Waals surface area contributed by atoms with Gasteiger partial charge in [-0.05, 0) is 43.3 Å². The quantitative estimate of drug-likeness (QED) is 0.446.